The van der Waals surface area contributed by atoms with Crippen LogP contribution in [0.2, 0.25) is 0 Å². The van der Waals surface area contributed by atoms with Crippen molar-refractivity contribution < 1.29 is 13.6 Å². The van der Waals surface area contributed by atoms with Crippen LogP contribution in [0.25, 0.3) is 0 Å². The third kappa shape index (κ3) is 3.43. The second-order valence-electron chi connectivity index (χ2n) is 4.02. The van der Waals surface area contributed by atoms with Crippen LogP contribution in [-0.4, -0.2) is 5.91 Å². The molecular formula is C14H9Br2F2NO. The third-order valence-electron chi connectivity index (χ3n) is 2.64. The summed E-state index contributed by atoms with van der Waals surface area (Å²) in [4.78, 5) is 12.0. The molecule has 20 heavy (non-hydrogen) atoms. The van der Waals surface area contributed by atoms with Crippen molar-refractivity contribution in [2.24, 2.45) is 0 Å². The molecular weight excluding hydrogens is 396 g/mol. The van der Waals surface area contributed by atoms with E-state index in [4.69, 9.17) is 0 Å². The van der Waals surface area contributed by atoms with Crippen LogP contribution in [0.4, 0.5) is 8.78 Å². The van der Waals surface area contributed by atoms with Gasteiger partial charge in [0, 0.05) is 15.5 Å². The standard InChI is InChI=1S/C14H9Br2F2NO/c15-10-5-4-9(17)6-8(10)7-19-14(20)13-11(16)2-1-3-12(13)18/h1-6H,7H2,(H,19,20). The van der Waals surface area contributed by atoms with Crippen molar-refractivity contribution in [2.45, 2.75) is 6.54 Å². The Labute approximate surface area is 131 Å². The molecule has 0 atom stereocenters. The molecule has 2 aromatic rings. The van der Waals surface area contributed by atoms with Crippen molar-refractivity contribution >= 4 is 37.8 Å². The zero-order valence-corrected chi connectivity index (χ0v) is 13.3. The SMILES string of the molecule is O=C(NCc1cc(F)ccc1Br)c1c(F)cccc1Br. The quantitative estimate of drug-likeness (QED) is 0.805. The lowest BCUT2D eigenvalue weighted by atomic mass is 10.2. The first-order valence-electron chi connectivity index (χ1n) is 5.65. The lowest BCUT2D eigenvalue weighted by molar-refractivity contribution is 0.0946. The average Bonchev–Trinajstić information content (AvgIpc) is 2.39. The van der Waals surface area contributed by atoms with E-state index < -0.39 is 17.5 Å². The normalized spacial score (nSPS) is 10.4. The molecule has 0 saturated heterocycles. The third-order valence-corrected chi connectivity index (χ3v) is 4.07. The molecule has 0 aromatic heterocycles. The average molecular weight is 405 g/mol. The molecule has 2 rings (SSSR count). The molecule has 0 aliphatic heterocycles. The van der Waals surface area contributed by atoms with Gasteiger partial charge in [0.2, 0.25) is 0 Å². The molecule has 104 valence electrons. The molecule has 1 N–H and O–H groups in total. The molecule has 0 radical (unpaired) electrons. The molecule has 1 amide bonds. The Morgan fingerprint density at radius 2 is 1.85 bits per heavy atom. The van der Waals surface area contributed by atoms with Gasteiger partial charge in [-0.15, -0.1) is 0 Å². The van der Waals surface area contributed by atoms with Gasteiger partial charge in [-0.05, 0) is 51.8 Å². The van der Waals surface area contributed by atoms with Crippen LogP contribution in [0.15, 0.2) is 45.3 Å². The van der Waals surface area contributed by atoms with E-state index in [1.807, 2.05) is 0 Å². The maximum atomic E-state index is 13.6. The maximum absolute atomic E-state index is 13.6. The first-order chi connectivity index (χ1) is 9.49. The summed E-state index contributed by atoms with van der Waals surface area (Å²) in [5, 5.41) is 2.56. The smallest absolute Gasteiger partial charge is 0.255 e. The van der Waals surface area contributed by atoms with Gasteiger partial charge in [0.1, 0.15) is 11.6 Å². The van der Waals surface area contributed by atoms with Gasteiger partial charge < -0.3 is 5.32 Å². The van der Waals surface area contributed by atoms with E-state index in [-0.39, 0.29) is 12.1 Å². The number of hydrogen-bond donors (Lipinski definition) is 1. The molecule has 0 fully saturated rings. The number of amides is 1. The summed E-state index contributed by atoms with van der Waals surface area (Å²) in [5.74, 6) is -1.58. The Hall–Kier alpha value is -1.27. The van der Waals surface area contributed by atoms with Crippen LogP contribution < -0.4 is 5.32 Å². The number of rotatable bonds is 3. The molecule has 2 aromatic carbocycles. The Kier molecular flexibility index (Phi) is 4.88. The van der Waals surface area contributed by atoms with Crippen molar-refractivity contribution in [3.8, 4) is 0 Å². The summed E-state index contributed by atoms with van der Waals surface area (Å²) in [6, 6.07) is 8.45. The fraction of sp³-hybridized carbons (Fsp3) is 0.0714. The van der Waals surface area contributed by atoms with E-state index in [9.17, 15) is 13.6 Å². The monoisotopic (exact) mass is 403 g/mol. The Morgan fingerprint density at radius 3 is 2.55 bits per heavy atom. The summed E-state index contributed by atoms with van der Waals surface area (Å²) in [5.41, 5.74) is 0.505. The summed E-state index contributed by atoms with van der Waals surface area (Å²) in [7, 11) is 0. The molecule has 0 unspecified atom stereocenters. The maximum Gasteiger partial charge on any atom is 0.255 e. The number of carbonyl (C=O) groups is 1. The van der Waals surface area contributed by atoms with Crippen molar-refractivity contribution in [1.82, 2.24) is 5.32 Å². The number of carbonyl (C=O) groups excluding carboxylic acids is 1. The number of benzene rings is 2. The van der Waals surface area contributed by atoms with Gasteiger partial charge in [0.25, 0.3) is 5.91 Å². The van der Waals surface area contributed by atoms with E-state index in [2.05, 4.69) is 37.2 Å². The van der Waals surface area contributed by atoms with Crippen molar-refractivity contribution in [2.75, 3.05) is 0 Å². The van der Waals surface area contributed by atoms with Crippen LogP contribution in [0.5, 0.6) is 0 Å². The van der Waals surface area contributed by atoms with Gasteiger partial charge in [0.15, 0.2) is 0 Å². The predicted molar refractivity (Wildman–Crippen MR) is 79.4 cm³/mol. The molecule has 0 saturated carbocycles. The molecule has 2 nitrogen and oxygen atoms in total. The summed E-state index contributed by atoms with van der Waals surface area (Å²) < 4.78 is 27.8. The van der Waals surface area contributed by atoms with E-state index >= 15 is 0 Å². The van der Waals surface area contributed by atoms with Crippen molar-refractivity contribution in [3.05, 3.63) is 68.1 Å². The van der Waals surface area contributed by atoms with Gasteiger partial charge >= 0.3 is 0 Å². The first-order valence-corrected chi connectivity index (χ1v) is 7.24. The van der Waals surface area contributed by atoms with Gasteiger partial charge in [-0.25, -0.2) is 8.78 Å². The zero-order chi connectivity index (χ0) is 14.7. The van der Waals surface area contributed by atoms with E-state index in [1.54, 1.807) is 12.1 Å². The van der Waals surface area contributed by atoms with E-state index in [0.717, 1.165) is 0 Å². The highest BCUT2D eigenvalue weighted by atomic mass is 79.9. The molecule has 0 heterocycles. The largest absolute Gasteiger partial charge is 0.348 e. The van der Waals surface area contributed by atoms with E-state index in [1.165, 1.54) is 24.3 Å². The second kappa shape index (κ2) is 6.45. The van der Waals surface area contributed by atoms with Crippen LogP contribution in [0, 0.1) is 11.6 Å². The molecule has 0 bridgehead atoms. The summed E-state index contributed by atoms with van der Waals surface area (Å²) in [6.07, 6.45) is 0. The highest BCUT2D eigenvalue weighted by Gasteiger charge is 2.15. The lowest BCUT2D eigenvalue weighted by Crippen LogP contribution is -2.24. The van der Waals surface area contributed by atoms with E-state index in [0.29, 0.717) is 14.5 Å². The van der Waals surface area contributed by atoms with Crippen molar-refractivity contribution in [1.29, 1.82) is 0 Å². The van der Waals surface area contributed by atoms with Gasteiger partial charge in [-0.1, -0.05) is 22.0 Å². The van der Waals surface area contributed by atoms with Crippen molar-refractivity contribution in [3.63, 3.8) is 0 Å². The minimum Gasteiger partial charge on any atom is -0.348 e. The topological polar surface area (TPSA) is 29.1 Å². The minimum absolute atomic E-state index is 0.0694. The lowest BCUT2D eigenvalue weighted by Gasteiger charge is -2.09. The number of nitrogens with one attached hydrogen (secondary N) is 1. The predicted octanol–water partition coefficient (Wildman–Crippen LogP) is 4.42. The summed E-state index contributed by atoms with van der Waals surface area (Å²) in [6.45, 7) is 0.0952. The zero-order valence-electron chi connectivity index (χ0n) is 10.1. The molecule has 0 aliphatic rings. The number of hydrogen-bond acceptors (Lipinski definition) is 1. The number of halogens is 4. The Morgan fingerprint density at radius 1 is 1.10 bits per heavy atom. The highest BCUT2D eigenvalue weighted by Crippen LogP contribution is 2.21. The van der Waals surface area contributed by atoms with Crippen LogP contribution >= 0.6 is 31.9 Å². The van der Waals surface area contributed by atoms with Crippen LogP contribution in [0.3, 0.4) is 0 Å². The van der Waals surface area contributed by atoms with Gasteiger partial charge in [-0.3, -0.25) is 4.79 Å². The molecule has 0 aliphatic carbocycles. The Bertz CT molecular complexity index is 641. The molecule has 0 spiro atoms. The van der Waals surface area contributed by atoms with Gasteiger partial charge in [0.05, 0.1) is 5.56 Å². The molecule has 6 heteroatoms. The first kappa shape index (κ1) is 15.1. The van der Waals surface area contributed by atoms with Gasteiger partial charge in [-0.2, -0.15) is 0 Å². The van der Waals surface area contributed by atoms with Crippen LogP contribution in [-0.2, 0) is 6.54 Å². The summed E-state index contributed by atoms with van der Waals surface area (Å²) >= 11 is 6.39. The highest BCUT2D eigenvalue weighted by molar-refractivity contribution is 9.10. The fourth-order valence-corrected chi connectivity index (χ4v) is 2.57. The fourth-order valence-electron chi connectivity index (χ4n) is 1.66. The minimum atomic E-state index is -0.616. The second-order valence-corrected chi connectivity index (χ2v) is 5.72. The van der Waals surface area contributed by atoms with Crippen LogP contribution in [0.1, 0.15) is 15.9 Å². The Balaban J connectivity index is 2.15.